The molecule has 7 nitrogen and oxygen atoms in total. The molecule has 0 radical (unpaired) electrons. The lowest BCUT2D eigenvalue weighted by Gasteiger charge is -2.20. The van der Waals surface area contributed by atoms with Gasteiger partial charge in [0.05, 0.1) is 26.3 Å². The number of ether oxygens (including phenoxy) is 2. The summed E-state index contributed by atoms with van der Waals surface area (Å²) in [5, 5.41) is 20.4. The lowest BCUT2D eigenvalue weighted by molar-refractivity contribution is 0.0934. The first-order valence-electron chi connectivity index (χ1n) is 11.3. The molecule has 8 heteroatoms. The molecular formula is C25H32N4O3S. The molecule has 0 unspecified atom stereocenters. The van der Waals surface area contributed by atoms with Gasteiger partial charge in [-0.1, -0.05) is 48.2 Å². The number of benzene rings is 2. The summed E-state index contributed by atoms with van der Waals surface area (Å²) in [6, 6.07) is 14.0. The van der Waals surface area contributed by atoms with Crippen LogP contribution in [0.25, 0.3) is 0 Å². The van der Waals surface area contributed by atoms with E-state index in [0.717, 1.165) is 48.3 Å². The Morgan fingerprint density at radius 2 is 1.97 bits per heavy atom. The van der Waals surface area contributed by atoms with E-state index in [1.807, 2.05) is 19.2 Å². The molecule has 33 heavy (non-hydrogen) atoms. The van der Waals surface area contributed by atoms with Gasteiger partial charge >= 0.3 is 0 Å². The molecule has 0 aliphatic carbocycles. The van der Waals surface area contributed by atoms with Crippen LogP contribution in [-0.4, -0.2) is 51.6 Å². The minimum Gasteiger partial charge on any atom is -0.504 e. The van der Waals surface area contributed by atoms with Crippen molar-refractivity contribution in [2.24, 2.45) is 0 Å². The lowest BCUT2D eigenvalue weighted by atomic mass is 10.1. The number of hydrogen-bond donors (Lipinski definition) is 1. The number of rotatable bonds is 10. The molecule has 1 fully saturated rings. The van der Waals surface area contributed by atoms with Gasteiger partial charge in [0.15, 0.2) is 16.7 Å². The van der Waals surface area contributed by atoms with Crippen LogP contribution in [0, 0.1) is 6.92 Å². The first-order valence-corrected chi connectivity index (χ1v) is 12.3. The molecule has 1 aromatic heterocycles. The van der Waals surface area contributed by atoms with E-state index >= 15 is 0 Å². The highest BCUT2D eigenvalue weighted by atomic mass is 32.2. The van der Waals surface area contributed by atoms with Crippen LogP contribution >= 0.6 is 11.8 Å². The molecule has 1 aliphatic rings. The van der Waals surface area contributed by atoms with Crippen molar-refractivity contribution in [2.45, 2.75) is 56.4 Å². The number of methoxy groups -OCH3 is 1. The molecule has 0 spiro atoms. The number of para-hydroxylation sites is 1. The SMILES string of the molecule is COc1cccc(CN(C)Cc2nnc(SCc3ccccc3C)n2C[C@H]2CCCO2)c1O. The van der Waals surface area contributed by atoms with Crippen LogP contribution in [0.2, 0.25) is 0 Å². The monoisotopic (exact) mass is 468 g/mol. The minimum absolute atomic E-state index is 0.183. The van der Waals surface area contributed by atoms with Gasteiger partial charge in [0.25, 0.3) is 0 Å². The number of aromatic hydroxyl groups is 1. The maximum atomic E-state index is 10.4. The summed E-state index contributed by atoms with van der Waals surface area (Å²) in [7, 11) is 3.58. The molecule has 1 aliphatic heterocycles. The fourth-order valence-electron chi connectivity index (χ4n) is 4.08. The van der Waals surface area contributed by atoms with Crippen LogP contribution in [0.4, 0.5) is 0 Å². The van der Waals surface area contributed by atoms with Crippen molar-refractivity contribution in [2.75, 3.05) is 20.8 Å². The van der Waals surface area contributed by atoms with Gasteiger partial charge in [-0.2, -0.15) is 0 Å². The van der Waals surface area contributed by atoms with Crippen molar-refractivity contribution in [1.29, 1.82) is 0 Å². The molecule has 3 aromatic rings. The Kier molecular flexibility index (Phi) is 7.90. The van der Waals surface area contributed by atoms with E-state index in [0.29, 0.717) is 18.8 Å². The molecule has 1 N–H and O–H groups in total. The molecular weight excluding hydrogens is 436 g/mol. The summed E-state index contributed by atoms with van der Waals surface area (Å²) in [4.78, 5) is 2.13. The zero-order valence-electron chi connectivity index (χ0n) is 19.5. The van der Waals surface area contributed by atoms with Crippen LogP contribution in [0.1, 0.15) is 35.4 Å². The topological polar surface area (TPSA) is 72.6 Å². The Morgan fingerprint density at radius 3 is 2.73 bits per heavy atom. The fraction of sp³-hybridized carbons (Fsp3) is 0.440. The van der Waals surface area contributed by atoms with Crippen LogP contribution in [0.3, 0.4) is 0 Å². The molecule has 4 rings (SSSR count). The van der Waals surface area contributed by atoms with Crippen LogP contribution < -0.4 is 4.74 Å². The second kappa shape index (κ2) is 11.0. The average molecular weight is 469 g/mol. The normalized spacial score (nSPS) is 15.9. The van der Waals surface area contributed by atoms with Crippen molar-refractivity contribution in [1.82, 2.24) is 19.7 Å². The van der Waals surface area contributed by atoms with Crippen molar-refractivity contribution in [3.63, 3.8) is 0 Å². The summed E-state index contributed by atoms with van der Waals surface area (Å²) in [5.74, 6) is 2.42. The highest BCUT2D eigenvalue weighted by molar-refractivity contribution is 7.98. The Morgan fingerprint density at radius 1 is 1.15 bits per heavy atom. The molecule has 2 heterocycles. The molecule has 1 atom stereocenters. The van der Waals surface area contributed by atoms with Gasteiger partial charge < -0.3 is 19.1 Å². The number of aryl methyl sites for hydroxylation is 1. The number of hydrogen-bond acceptors (Lipinski definition) is 7. The third kappa shape index (κ3) is 5.88. The van der Waals surface area contributed by atoms with Gasteiger partial charge in [-0.25, -0.2) is 0 Å². The average Bonchev–Trinajstić information content (AvgIpc) is 3.45. The standard InChI is InChI=1S/C25H32N4O3S/c1-18-8-4-5-9-20(18)17-33-25-27-26-23(29(25)15-21-11-7-13-32-21)16-28(2)14-19-10-6-12-22(31-3)24(19)30/h4-6,8-10,12,21,30H,7,11,13-17H2,1-3H3/t21-/m1/s1. The summed E-state index contributed by atoms with van der Waals surface area (Å²) in [5.41, 5.74) is 3.41. The summed E-state index contributed by atoms with van der Waals surface area (Å²) < 4.78 is 13.4. The Hall–Kier alpha value is -2.55. The van der Waals surface area contributed by atoms with Crippen LogP contribution in [0.5, 0.6) is 11.5 Å². The van der Waals surface area contributed by atoms with E-state index in [2.05, 4.69) is 50.9 Å². The van der Waals surface area contributed by atoms with E-state index in [1.165, 1.54) is 11.1 Å². The molecule has 0 bridgehead atoms. The first kappa shape index (κ1) is 23.6. The van der Waals surface area contributed by atoms with E-state index in [9.17, 15) is 5.11 Å². The molecule has 176 valence electrons. The van der Waals surface area contributed by atoms with E-state index in [4.69, 9.17) is 9.47 Å². The summed E-state index contributed by atoms with van der Waals surface area (Å²) in [6.07, 6.45) is 2.36. The van der Waals surface area contributed by atoms with Gasteiger partial charge in [0.2, 0.25) is 0 Å². The maximum absolute atomic E-state index is 10.4. The number of nitrogens with zero attached hydrogens (tertiary/aromatic N) is 4. The summed E-state index contributed by atoms with van der Waals surface area (Å²) >= 11 is 1.72. The Labute approximate surface area is 199 Å². The Balaban J connectivity index is 1.50. The zero-order valence-corrected chi connectivity index (χ0v) is 20.3. The molecule has 1 saturated heterocycles. The number of thioether (sulfide) groups is 1. The van der Waals surface area contributed by atoms with E-state index < -0.39 is 0 Å². The van der Waals surface area contributed by atoms with Crippen LogP contribution in [-0.2, 0) is 30.1 Å². The van der Waals surface area contributed by atoms with Gasteiger partial charge in [0.1, 0.15) is 5.82 Å². The minimum atomic E-state index is 0.183. The lowest BCUT2D eigenvalue weighted by Crippen LogP contribution is -2.23. The molecule has 0 amide bonds. The third-order valence-electron chi connectivity index (χ3n) is 5.98. The predicted octanol–water partition coefficient (Wildman–Crippen LogP) is 4.40. The highest BCUT2D eigenvalue weighted by Gasteiger charge is 2.22. The van der Waals surface area contributed by atoms with Crippen molar-refractivity contribution < 1.29 is 14.6 Å². The molecule has 0 saturated carbocycles. The van der Waals surface area contributed by atoms with Gasteiger partial charge in [-0.3, -0.25) is 4.90 Å². The third-order valence-corrected chi connectivity index (χ3v) is 6.99. The summed E-state index contributed by atoms with van der Waals surface area (Å²) in [6.45, 7) is 4.91. The van der Waals surface area contributed by atoms with Gasteiger partial charge in [-0.15, -0.1) is 10.2 Å². The first-order chi connectivity index (χ1) is 16.0. The number of phenolic OH excluding ortho intramolecular Hbond substituents is 1. The van der Waals surface area contributed by atoms with E-state index in [1.54, 1.807) is 24.9 Å². The second-order valence-corrected chi connectivity index (χ2v) is 9.44. The highest BCUT2D eigenvalue weighted by Crippen LogP contribution is 2.31. The van der Waals surface area contributed by atoms with Crippen molar-refractivity contribution in [3.05, 3.63) is 65.0 Å². The maximum Gasteiger partial charge on any atom is 0.191 e. The number of phenols is 1. The second-order valence-electron chi connectivity index (χ2n) is 8.50. The van der Waals surface area contributed by atoms with Crippen molar-refractivity contribution in [3.8, 4) is 11.5 Å². The quantitative estimate of drug-likeness (QED) is 0.442. The van der Waals surface area contributed by atoms with Gasteiger partial charge in [-0.05, 0) is 44.0 Å². The number of aromatic nitrogens is 3. The van der Waals surface area contributed by atoms with E-state index in [-0.39, 0.29) is 11.9 Å². The van der Waals surface area contributed by atoms with Gasteiger partial charge in [0, 0.05) is 24.5 Å². The molecule has 2 aromatic carbocycles. The zero-order chi connectivity index (χ0) is 23.2. The van der Waals surface area contributed by atoms with Crippen molar-refractivity contribution >= 4 is 11.8 Å². The predicted molar refractivity (Wildman–Crippen MR) is 130 cm³/mol. The fourth-order valence-corrected chi connectivity index (χ4v) is 5.12. The van der Waals surface area contributed by atoms with Crippen LogP contribution in [0.15, 0.2) is 47.6 Å². The largest absolute Gasteiger partial charge is 0.504 e. The Bertz CT molecular complexity index is 1070. The smallest absolute Gasteiger partial charge is 0.191 e.